The van der Waals surface area contributed by atoms with Crippen LogP contribution in [0.25, 0.3) is 5.69 Å². The summed E-state index contributed by atoms with van der Waals surface area (Å²) in [6.07, 6.45) is 8.26. The number of benzene rings is 1. The first-order chi connectivity index (χ1) is 12.5. The highest BCUT2D eigenvalue weighted by atomic mass is 16.5. The van der Waals surface area contributed by atoms with Gasteiger partial charge in [0.15, 0.2) is 0 Å². The fraction of sp³-hybridized carbons (Fsp3) is 0.474. The minimum absolute atomic E-state index is 0.208. The van der Waals surface area contributed by atoms with E-state index < -0.39 is 5.69 Å². The Hall–Kier alpha value is -2.38. The van der Waals surface area contributed by atoms with Gasteiger partial charge >= 0.3 is 5.69 Å². The lowest BCUT2D eigenvalue weighted by molar-refractivity contribution is 0.408. The van der Waals surface area contributed by atoms with E-state index in [0.29, 0.717) is 18.3 Å². The smallest absolute Gasteiger partial charge is 0.354 e. The van der Waals surface area contributed by atoms with E-state index in [0.717, 1.165) is 11.3 Å². The molecule has 1 heterocycles. The number of nitrogens with one attached hydrogen (secondary N) is 1. The Balaban J connectivity index is 0.000000290. The minimum atomic E-state index is -0.414. The van der Waals surface area contributed by atoms with Crippen LogP contribution in [0.15, 0.2) is 35.3 Å². The number of nitrogens with two attached hydrogens (primary N) is 2. The van der Waals surface area contributed by atoms with E-state index >= 15 is 0 Å². The van der Waals surface area contributed by atoms with Crippen LogP contribution in [0.4, 0.5) is 5.82 Å². The van der Waals surface area contributed by atoms with Gasteiger partial charge in [0, 0.05) is 30.4 Å². The molecule has 1 aromatic heterocycles. The summed E-state index contributed by atoms with van der Waals surface area (Å²) in [5.41, 5.74) is 12.4. The van der Waals surface area contributed by atoms with Crippen LogP contribution in [0, 0.1) is 0 Å². The van der Waals surface area contributed by atoms with Crippen molar-refractivity contribution < 1.29 is 4.74 Å². The SMILES string of the molecule is CNCc1ccc(-n2ccc(N)nc2=O)cc1OC.NC1CCCCC1. The molecular formula is C19H29N5O2. The van der Waals surface area contributed by atoms with E-state index in [1.54, 1.807) is 25.4 Å². The van der Waals surface area contributed by atoms with Gasteiger partial charge in [0.25, 0.3) is 0 Å². The van der Waals surface area contributed by atoms with Crippen molar-refractivity contribution in [2.45, 2.75) is 44.7 Å². The Morgan fingerprint density at radius 3 is 2.54 bits per heavy atom. The molecule has 0 radical (unpaired) electrons. The van der Waals surface area contributed by atoms with Crippen molar-refractivity contribution in [1.29, 1.82) is 0 Å². The maximum absolute atomic E-state index is 11.8. The summed E-state index contributed by atoms with van der Waals surface area (Å²) >= 11 is 0. The molecule has 7 nitrogen and oxygen atoms in total. The summed E-state index contributed by atoms with van der Waals surface area (Å²) < 4.78 is 6.74. The van der Waals surface area contributed by atoms with Crippen LogP contribution in [0.5, 0.6) is 5.75 Å². The highest BCUT2D eigenvalue weighted by Crippen LogP contribution is 2.21. The van der Waals surface area contributed by atoms with Gasteiger partial charge in [-0.25, -0.2) is 4.79 Å². The van der Waals surface area contributed by atoms with Crippen LogP contribution >= 0.6 is 0 Å². The number of nitrogen functional groups attached to an aromatic ring is 1. The van der Waals surface area contributed by atoms with Gasteiger partial charge < -0.3 is 21.5 Å². The van der Waals surface area contributed by atoms with Crippen molar-refractivity contribution in [2.24, 2.45) is 5.73 Å². The Morgan fingerprint density at radius 1 is 1.27 bits per heavy atom. The van der Waals surface area contributed by atoms with Crippen LogP contribution in [0.1, 0.15) is 37.7 Å². The molecule has 1 aliphatic carbocycles. The molecule has 1 aliphatic rings. The normalized spacial score (nSPS) is 14.4. The van der Waals surface area contributed by atoms with E-state index in [1.807, 2.05) is 19.2 Å². The Kier molecular flexibility index (Phi) is 7.62. The van der Waals surface area contributed by atoms with E-state index in [4.69, 9.17) is 16.2 Å². The van der Waals surface area contributed by atoms with Gasteiger partial charge in [-0.05, 0) is 32.0 Å². The third-order valence-electron chi connectivity index (χ3n) is 4.39. The summed E-state index contributed by atoms with van der Waals surface area (Å²) in [7, 11) is 3.46. The Labute approximate surface area is 154 Å². The first-order valence-electron chi connectivity index (χ1n) is 8.97. The van der Waals surface area contributed by atoms with Crippen LogP contribution in [0.3, 0.4) is 0 Å². The number of rotatable bonds is 4. The van der Waals surface area contributed by atoms with Crippen LogP contribution in [-0.2, 0) is 6.54 Å². The second-order valence-electron chi connectivity index (χ2n) is 6.43. The number of anilines is 1. The second-order valence-corrected chi connectivity index (χ2v) is 6.43. The van der Waals surface area contributed by atoms with E-state index in [-0.39, 0.29) is 5.82 Å². The zero-order valence-electron chi connectivity index (χ0n) is 15.6. The average Bonchev–Trinajstić information content (AvgIpc) is 2.64. The summed E-state index contributed by atoms with van der Waals surface area (Å²) in [5.74, 6) is 0.926. The molecule has 1 aromatic carbocycles. The summed E-state index contributed by atoms with van der Waals surface area (Å²) in [6, 6.07) is 7.66. The first-order valence-corrected chi connectivity index (χ1v) is 8.97. The molecule has 0 amide bonds. The number of hydrogen-bond acceptors (Lipinski definition) is 6. The molecule has 7 heteroatoms. The number of nitrogens with zero attached hydrogens (tertiary/aromatic N) is 2. The predicted octanol–water partition coefficient (Wildman–Crippen LogP) is 1.82. The van der Waals surface area contributed by atoms with Gasteiger partial charge in [-0.2, -0.15) is 4.98 Å². The van der Waals surface area contributed by atoms with Crippen LogP contribution in [0.2, 0.25) is 0 Å². The topological polar surface area (TPSA) is 108 Å². The molecule has 0 atom stereocenters. The van der Waals surface area contributed by atoms with Crippen molar-refractivity contribution in [3.05, 3.63) is 46.5 Å². The van der Waals surface area contributed by atoms with E-state index in [1.165, 1.54) is 36.7 Å². The van der Waals surface area contributed by atoms with Crippen LogP contribution < -0.4 is 27.2 Å². The molecule has 0 saturated heterocycles. The summed E-state index contributed by atoms with van der Waals surface area (Å²) in [4.78, 5) is 15.5. The van der Waals surface area contributed by atoms with E-state index in [2.05, 4.69) is 10.3 Å². The van der Waals surface area contributed by atoms with Gasteiger partial charge in [-0.3, -0.25) is 4.57 Å². The lowest BCUT2D eigenvalue weighted by atomic mass is 9.97. The van der Waals surface area contributed by atoms with Crippen molar-refractivity contribution >= 4 is 5.82 Å². The largest absolute Gasteiger partial charge is 0.496 e. The quantitative estimate of drug-likeness (QED) is 0.768. The molecule has 5 N–H and O–H groups in total. The number of aromatic nitrogens is 2. The summed E-state index contributed by atoms with van der Waals surface area (Å²) in [6.45, 7) is 0.693. The maximum atomic E-state index is 11.8. The lowest BCUT2D eigenvalue weighted by Gasteiger charge is -2.15. The fourth-order valence-electron chi connectivity index (χ4n) is 2.97. The lowest BCUT2D eigenvalue weighted by Crippen LogP contribution is -2.22. The zero-order chi connectivity index (χ0) is 18.9. The van der Waals surface area contributed by atoms with Gasteiger partial charge in [0.05, 0.1) is 12.8 Å². The first kappa shape index (κ1) is 19.9. The third kappa shape index (κ3) is 5.57. The second kappa shape index (κ2) is 9.94. The van der Waals surface area contributed by atoms with Gasteiger partial charge in [0.2, 0.25) is 0 Å². The highest BCUT2D eigenvalue weighted by Gasteiger charge is 2.07. The third-order valence-corrected chi connectivity index (χ3v) is 4.39. The molecule has 26 heavy (non-hydrogen) atoms. The monoisotopic (exact) mass is 359 g/mol. The molecule has 2 aromatic rings. The number of hydrogen-bond donors (Lipinski definition) is 3. The van der Waals surface area contributed by atoms with Gasteiger partial charge in [-0.1, -0.05) is 25.3 Å². The molecule has 0 unspecified atom stereocenters. The Bertz CT molecular complexity index is 754. The van der Waals surface area contributed by atoms with E-state index in [9.17, 15) is 4.79 Å². The average molecular weight is 359 g/mol. The van der Waals surface area contributed by atoms with Crippen molar-refractivity contribution in [3.63, 3.8) is 0 Å². The van der Waals surface area contributed by atoms with Crippen molar-refractivity contribution in [3.8, 4) is 11.4 Å². The fourth-order valence-corrected chi connectivity index (χ4v) is 2.97. The molecule has 0 bridgehead atoms. The van der Waals surface area contributed by atoms with Crippen molar-refractivity contribution in [1.82, 2.24) is 14.9 Å². The molecule has 1 fully saturated rings. The number of ether oxygens (including phenoxy) is 1. The molecular weight excluding hydrogens is 330 g/mol. The minimum Gasteiger partial charge on any atom is -0.496 e. The molecule has 1 saturated carbocycles. The summed E-state index contributed by atoms with van der Waals surface area (Å²) in [5, 5.41) is 3.06. The molecule has 142 valence electrons. The highest BCUT2D eigenvalue weighted by molar-refractivity contribution is 5.45. The predicted molar refractivity (Wildman–Crippen MR) is 105 cm³/mol. The molecule has 3 rings (SSSR count). The van der Waals surface area contributed by atoms with Crippen LogP contribution in [-0.4, -0.2) is 29.8 Å². The standard InChI is InChI=1S/C13H16N4O2.C6H13N/c1-15-8-9-3-4-10(7-11(9)19-2)17-6-5-12(14)16-13(17)18;7-6-4-2-1-3-5-6/h3-7,15H,8H2,1-2H3,(H2,14,16,18);6H,1-5,7H2. The maximum Gasteiger partial charge on any atom is 0.354 e. The number of methoxy groups -OCH3 is 1. The molecule has 0 aliphatic heterocycles. The Morgan fingerprint density at radius 2 is 2.00 bits per heavy atom. The zero-order valence-corrected chi connectivity index (χ0v) is 15.6. The van der Waals surface area contributed by atoms with Gasteiger partial charge in [-0.15, -0.1) is 0 Å². The van der Waals surface area contributed by atoms with Gasteiger partial charge in [0.1, 0.15) is 11.6 Å². The molecule has 0 spiro atoms. The van der Waals surface area contributed by atoms with Crippen molar-refractivity contribution in [2.75, 3.05) is 19.9 Å².